The van der Waals surface area contributed by atoms with Crippen LogP contribution in [0.15, 0.2) is 36.5 Å². The van der Waals surface area contributed by atoms with Crippen LogP contribution >= 0.6 is 11.3 Å². The van der Waals surface area contributed by atoms with Gasteiger partial charge >= 0.3 is 0 Å². The summed E-state index contributed by atoms with van der Waals surface area (Å²) in [5.74, 6) is -0.276. The number of pyridine rings is 1. The van der Waals surface area contributed by atoms with Crippen molar-refractivity contribution in [1.82, 2.24) is 14.9 Å². The number of piperidine rings is 1. The van der Waals surface area contributed by atoms with E-state index in [4.69, 9.17) is 0 Å². The number of nitrogens with zero attached hydrogens (tertiary/aromatic N) is 3. The number of nitrogens with one attached hydrogen (secondary N) is 2. The van der Waals surface area contributed by atoms with E-state index in [1.165, 1.54) is 11.3 Å². The van der Waals surface area contributed by atoms with Crippen molar-refractivity contribution in [3.05, 3.63) is 47.1 Å². The van der Waals surface area contributed by atoms with Gasteiger partial charge in [0, 0.05) is 23.0 Å². The molecule has 0 saturated carbocycles. The summed E-state index contributed by atoms with van der Waals surface area (Å²) in [6.07, 6.45) is 3.42. The van der Waals surface area contributed by atoms with Gasteiger partial charge in [-0.2, -0.15) is 0 Å². The molecule has 2 aromatic heterocycles. The number of carbonyl (C=O) groups is 2. The van der Waals surface area contributed by atoms with Crippen molar-refractivity contribution in [3.8, 4) is 0 Å². The van der Waals surface area contributed by atoms with Crippen LogP contribution in [0.3, 0.4) is 0 Å². The minimum Gasteiger partial charge on any atom is -0.324 e. The fourth-order valence-corrected chi connectivity index (χ4v) is 4.57. The fraction of sp³-hybridized carbons (Fsp3) is 0.364. The van der Waals surface area contributed by atoms with E-state index in [-0.39, 0.29) is 24.3 Å². The quantitative estimate of drug-likeness (QED) is 0.655. The molecule has 156 valence electrons. The van der Waals surface area contributed by atoms with Crippen LogP contribution in [0.2, 0.25) is 0 Å². The average Bonchev–Trinajstić information content (AvgIpc) is 3.05. The van der Waals surface area contributed by atoms with Crippen molar-refractivity contribution in [2.24, 2.45) is 5.92 Å². The minimum absolute atomic E-state index is 0.0237. The van der Waals surface area contributed by atoms with E-state index in [1.807, 2.05) is 49.1 Å². The molecular weight excluding hydrogens is 398 g/mol. The number of benzene rings is 1. The van der Waals surface area contributed by atoms with E-state index in [9.17, 15) is 9.59 Å². The molecule has 1 aromatic carbocycles. The van der Waals surface area contributed by atoms with Crippen LogP contribution in [0.1, 0.15) is 23.4 Å². The lowest BCUT2D eigenvalue weighted by Gasteiger charge is -2.31. The minimum atomic E-state index is -0.158. The molecular formula is C22H25N5O2S. The standard InChI is InChI=1S/C22H25N5O2S/c1-14-15(2)30-22(24-14)26-19(28)13-27-11-5-8-17(12-27)21(29)25-18-9-3-6-16-7-4-10-23-20(16)18/h3-4,6-7,9-10,17H,5,8,11-13H2,1-2H3,(H,25,29)(H,24,26,28). The van der Waals surface area contributed by atoms with Gasteiger partial charge in [-0.05, 0) is 45.4 Å². The van der Waals surface area contributed by atoms with E-state index in [0.29, 0.717) is 11.7 Å². The number of aryl methyl sites for hydroxylation is 2. The first-order valence-electron chi connectivity index (χ1n) is 10.1. The number of anilines is 2. The molecule has 1 saturated heterocycles. The third-order valence-corrected chi connectivity index (χ3v) is 6.40. The Balaban J connectivity index is 1.36. The second-order valence-electron chi connectivity index (χ2n) is 7.65. The van der Waals surface area contributed by atoms with E-state index in [1.54, 1.807) is 6.20 Å². The zero-order valence-electron chi connectivity index (χ0n) is 17.1. The second kappa shape index (κ2) is 8.89. The molecule has 3 heterocycles. The lowest BCUT2D eigenvalue weighted by Crippen LogP contribution is -2.44. The molecule has 1 aliphatic rings. The monoisotopic (exact) mass is 423 g/mol. The number of para-hydroxylation sites is 1. The zero-order valence-corrected chi connectivity index (χ0v) is 18.0. The molecule has 1 atom stereocenters. The second-order valence-corrected chi connectivity index (χ2v) is 8.86. The highest BCUT2D eigenvalue weighted by atomic mass is 32.1. The number of hydrogen-bond donors (Lipinski definition) is 2. The van der Waals surface area contributed by atoms with Gasteiger partial charge < -0.3 is 10.6 Å². The van der Waals surface area contributed by atoms with Crippen LogP contribution in [0, 0.1) is 19.8 Å². The summed E-state index contributed by atoms with van der Waals surface area (Å²) in [6.45, 7) is 5.55. The Kier molecular flexibility index (Phi) is 6.06. The first kappa shape index (κ1) is 20.4. The van der Waals surface area contributed by atoms with Crippen LogP contribution in [0.4, 0.5) is 10.8 Å². The molecule has 3 aromatic rings. The third-order valence-electron chi connectivity index (χ3n) is 5.41. The number of thiazole rings is 1. The first-order valence-corrected chi connectivity index (χ1v) is 10.9. The van der Waals surface area contributed by atoms with Gasteiger partial charge in [-0.15, -0.1) is 11.3 Å². The normalized spacial score (nSPS) is 17.1. The topological polar surface area (TPSA) is 87.2 Å². The highest BCUT2D eigenvalue weighted by molar-refractivity contribution is 7.15. The number of carbonyl (C=O) groups excluding carboxylic acids is 2. The summed E-state index contributed by atoms with van der Waals surface area (Å²) in [5.41, 5.74) is 2.45. The predicted octanol–water partition coefficient (Wildman–Crippen LogP) is 3.60. The number of amides is 2. The molecule has 0 aliphatic carbocycles. The predicted molar refractivity (Wildman–Crippen MR) is 120 cm³/mol. The summed E-state index contributed by atoms with van der Waals surface area (Å²) >= 11 is 1.48. The van der Waals surface area contributed by atoms with Crippen molar-refractivity contribution >= 4 is 44.9 Å². The molecule has 0 spiro atoms. The maximum absolute atomic E-state index is 12.9. The summed E-state index contributed by atoms with van der Waals surface area (Å²) in [4.78, 5) is 37.2. The molecule has 4 rings (SSSR count). The largest absolute Gasteiger partial charge is 0.324 e. The molecule has 0 radical (unpaired) electrons. The molecule has 7 nitrogen and oxygen atoms in total. The van der Waals surface area contributed by atoms with Crippen molar-refractivity contribution in [3.63, 3.8) is 0 Å². The number of aromatic nitrogens is 2. The first-order chi connectivity index (χ1) is 14.5. The maximum Gasteiger partial charge on any atom is 0.240 e. The van der Waals surface area contributed by atoms with Crippen molar-refractivity contribution in [2.75, 3.05) is 30.3 Å². The molecule has 1 fully saturated rings. The van der Waals surface area contributed by atoms with Crippen molar-refractivity contribution in [2.45, 2.75) is 26.7 Å². The van der Waals surface area contributed by atoms with E-state index in [2.05, 4.69) is 20.6 Å². The summed E-state index contributed by atoms with van der Waals surface area (Å²) in [6, 6.07) is 9.62. The Morgan fingerprint density at radius 1 is 1.20 bits per heavy atom. The Labute approximate surface area is 179 Å². The van der Waals surface area contributed by atoms with Gasteiger partial charge in [-0.1, -0.05) is 18.2 Å². The van der Waals surface area contributed by atoms with Crippen molar-refractivity contribution in [1.29, 1.82) is 0 Å². The maximum atomic E-state index is 12.9. The lowest BCUT2D eigenvalue weighted by molar-refractivity contribution is -0.123. The average molecular weight is 424 g/mol. The van der Waals surface area contributed by atoms with Crippen LogP contribution in [0.5, 0.6) is 0 Å². The van der Waals surface area contributed by atoms with Gasteiger partial charge in [0.1, 0.15) is 0 Å². The van der Waals surface area contributed by atoms with Gasteiger partial charge in [0.15, 0.2) is 5.13 Å². The smallest absolute Gasteiger partial charge is 0.240 e. The van der Waals surface area contributed by atoms with E-state index < -0.39 is 0 Å². The Morgan fingerprint density at radius 2 is 2.03 bits per heavy atom. The van der Waals surface area contributed by atoms with Crippen LogP contribution in [-0.4, -0.2) is 46.3 Å². The Morgan fingerprint density at radius 3 is 2.83 bits per heavy atom. The molecule has 30 heavy (non-hydrogen) atoms. The number of fused-ring (bicyclic) bond motifs is 1. The van der Waals surface area contributed by atoms with Crippen LogP contribution in [-0.2, 0) is 9.59 Å². The summed E-state index contributed by atoms with van der Waals surface area (Å²) < 4.78 is 0. The Bertz CT molecular complexity index is 1060. The SMILES string of the molecule is Cc1nc(NC(=O)CN2CCCC(C(=O)Nc3cccc4cccnc34)C2)sc1C. The number of rotatable bonds is 5. The summed E-state index contributed by atoms with van der Waals surface area (Å²) in [7, 11) is 0. The van der Waals surface area contributed by atoms with Crippen LogP contribution in [0.25, 0.3) is 10.9 Å². The summed E-state index contributed by atoms with van der Waals surface area (Å²) in [5, 5.41) is 7.53. The molecule has 1 unspecified atom stereocenters. The van der Waals surface area contributed by atoms with E-state index >= 15 is 0 Å². The Hall–Kier alpha value is -2.84. The van der Waals surface area contributed by atoms with Gasteiger partial charge in [-0.25, -0.2) is 4.98 Å². The number of hydrogen-bond acceptors (Lipinski definition) is 6. The van der Waals surface area contributed by atoms with Gasteiger partial charge in [0.2, 0.25) is 11.8 Å². The van der Waals surface area contributed by atoms with Crippen molar-refractivity contribution < 1.29 is 9.59 Å². The lowest BCUT2D eigenvalue weighted by atomic mass is 9.97. The van der Waals surface area contributed by atoms with Gasteiger partial charge in [0.25, 0.3) is 0 Å². The highest BCUT2D eigenvalue weighted by Gasteiger charge is 2.27. The molecule has 0 bridgehead atoms. The number of likely N-dealkylation sites (tertiary alicyclic amines) is 1. The fourth-order valence-electron chi connectivity index (χ4n) is 3.74. The molecule has 1 aliphatic heterocycles. The van der Waals surface area contributed by atoms with E-state index in [0.717, 1.165) is 46.5 Å². The molecule has 2 amide bonds. The third kappa shape index (κ3) is 4.66. The molecule has 2 N–H and O–H groups in total. The van der Waals surface area contributed by atoms with Gasteiger partial charge in [0.05, 0.1) is 29.4 Å². The van der Waals surface area contributed by atoms with Crippen LogP contribution < -0.4 is 10.6 Å². The zero-order chi connectivity index (χ0) is 21.1. The highest BCUT2D eigenvalue weighted by Crippen LogP contribution is 2.24. The van der Waals surface area contributed by atoms with Gasteiger partial charge in [-0.3, -0.25) is 19.5 Å². The molecule has 8 heteroatoms.